The number of benzene rings is 1. The zero-order chi connectivity index (χ0) is 15.9. The number of carbonyl (C=O) groups is 1. The van der Waals surface area contributed by atoms with Crippen LogP contribution in [0, 0.1) is 0 Å². The monoisotopic (exact) mass is 303 g/mol. The van der Waals surface area contributed by atoms with Gasteiger partial charge in [-0.1, -0.05) is 0 Å². The van der Waals surface area contributed by atoms with Gasteiger partial charge in [0.2, 0.25) is 0 Å². The second kappa shape index (κ2) is 5.32. The van der Waals surface area contributed by atoms with E-state index in [1.807, 2.05) is 19.2 Å². The highest BCUT2D eigenvalue weighted by Gasteiger charge is 2.46. The van der Waals surface area contributed by atoms with E-state index in [1.54, 1.807) is 13.2 Å². The second-order valence-electron chi connectivity index (χ2n) is 5.92. The summed E-state index contributed by atoms with van der Waals surface area (Å²) in [6, 6.07) is 5.51. The maximum atomic E-state index is 12.3. The van der Waals surface area contributed by atoms with E-state index in [-0.39, 0.29) is 6.42 Å². The molecule has 5 heteroatoms. The van der Waals surface area contributed by atoms with Gasteiger partial charge >= 0.3 is 5.97 Å². The summed E-state index contributed by atoms with van der Waals surface area (Å²) in [5, 5.41) is 11.1. The highest BCUT2D eigenvalue weighted by atomic mass is 16.5. The lowest BCUT2D eigenvalue weighted by molar-refractivity contribution is -0.163. The lowest BCUT2D eigenvalue weighted by Crippen LogP contribution is -2.42. The van der Waals surface area contributed by atoms with Gasteiger partial charge < -0.3 is 19.5 Å². The Labute approximate surface area is 130 Å². The molecule has 2 aliphatic rings. The first-order valence-corrected chi connectivity index (χ1v) is 7.44. The van der Waals surface area contributed by atoms with E-state index in [0.29, 0.717) is 11.3 Å². The summed E-state index contributed by atoms with van der Waals surface area (Å²) < 4.78 is 10.1. The van der Waals surface area contributed by atoms with Gasteiger partial charge in [0.1, 0.15) is 5.75 Å². The number of hydrogen-bond acceptors (Lipinski definition) is 5. The van der Waals surface area contributed by atoms with Crippen LogP contribution in [0.3, 0.4) is 0 Å². The fourth-order valence-corrected chi connectivity index (χ4v) is 3.55. The molecule has 0 saturated carbocycles. The molecule has 0 bridgehead atoms. The normalized spacial score (nSPS) is 23.7. The Balaban J connectivity index is 2.23. The van der Waals surface area contributed by atoms with E-state index in [9.17, 15) is 9.90 Å². The number of hydrogen-bond donors (Lipinski definition) is 1. The molecular weight excluding hydrogens is 282 g/mol. The highest BCUT2D eigenvalue weighted by Crippen LogP contribution is 2.46. The Kier molecular flexibility index (Phi) is 3.60. The minimum atomic E-state index is -1.64. The molecule has 5 nitrogen and oxygen atoms in total. The van der Waals surface area contributed by atoms with Gasteiger partial charge in [-0.15, -0.1) is 0 Å². The third-order valence-electron chi connectivity index (χ3n) is 4.61. The van der Waals surface area contributed by atoms with Gasteiger partial charge in [-0.2, -0.15) is 0 Å². The summed E-state index contributed by atoms with van der Waals surface area (Å²) in [6.45, 7) is 0.973. The van der Waals surface area contributed by atoms with Crippen LogP contribution in [0.2, 0.25) is 0 Å². The molecule has 0 radical (unpaired) electrons. The number of aliphatic hydroxyl groups is 1. The largest absolute Gasteiger partial charge is 0.497 e. The van der Waals surface area contributed by atoms with E-state index in [0.717, 1.165) is 36.2 Å². The number of methoxy groups -OCH3 is 2. The van der Waals surface area contributed by atoms with Crippen LogP contribution in [-0.2, 0) is 15.1 Å². The Hall–Kier alpha value is -2.01. The predicted molar refractivity (Wildman–Crippen MR) is 82.3 cm³/mol. The van der Waals surface area contributed by atoms with Gasteiger partial charge in [0, 0.05) is 36.8 Å². The smallest absolute Gasteiger partial charge is 0.342 e. The van der Waals surface area contributed by atoms with Crippen LogP contribution in [0.25, 0.3) is 5.70 Å². The number of carbonyl (C=O) groups excluding carboxylic acids is 1. The SMILES string of the molecule is COC(=O)C1(O)CC2=C(c3ccc(OC)cc31)N(C)CCC2. The molecule has 1 aromatic carbocycles. The van der Waals surface area contributed by atoms with E-state index >= 15 is 0 Å². The van der Waals surface area contributed by atoms with Gasteiger partial charge in [0.15, 0.2) is 5.60 Å². The average molecular weight is 303 g/mol. The molecule has 118 valence electrons. The van der Waals surface area contributed by atoms with Gasteiger partial charge in [-0.25, -0.2) is 4.79 Å². The Morgan fingerprint density at radius 1 is 1.36 bits per heavy atom. The Morgan fingerprint density at radius 2 is 2.14 bits per heavy atom. The van der Waals surface area contributed by atoms with Crippen molar-refractivity contribution in [2.75, 3.05) is 27.8 Å². The Bertz CT molecular complexity index is 652. The van der Waals surface area contributed by atoms with E-state index in [1.165, 1.54) is 7.11 Å². The second-order valence-corrected chi connectivity index (χ2v) is 5.92. The zero-order valence-corrected chi connectivity index (χ0v) is 13.2. The predicted octanol–water partition coefficient (Wildman–Crippen LogP) is 1.90. The molecule has 1 aromatic rings. The third-order valence-corrected chi connectivity index (χ3v) is 4.61. The molecule has 1 aliphatic carbocycles. The number of rotatable bonds is 2. The summed E-state index contributed by atoms with van der Waals surface area (Å²) >= 11 is 0. The van der Waals surface area contributed by atoms with Crippen molar-refractivity contribution in [1.82, 2.24) is 4.90 Å². The molecule has 1 aliphatic heterocycles. The fraction of sp³-hybridized carbons (Fsp3) is 0.471. The van der Waals surface area contributed by atoms with Crippen molar-refractivity contribution in [3.05, 3.63) is 34.9 Å². The minimum Gasteiger partial charge on any atom is -0.497 e. The summed E-state index contributed by atoms with van der Waals surface area (Å²) in [5.74, 6) is -0.00892. The molecule has 1 unspecified atom stereocenters. The van der Waals surface area contributed by atoms with Gasteiger partial charge in [0.05, 0.1) is 14.2 Å². The van der Waals surface area contributed by atoms with Gasteiger partial charge in [0.25, 0.3) is 0 Å². The van der Waals surface area contributed by atoms with E-state index < -0.39 is 11.6 Å². The molecule has 3 rings (SSSR count). The lowest BCUT2D eigenvalue weighted by atomic mass is 9.75. The quantitative estimate of drug-likeness (QED) is 0.846. The third kappa shape index (κ3) is 2.08. The molecule has 1 heterocycles. The van der Waals surface area contributed by atoms with Crippen molar-refractivity contribution in [2.24, 2.45) is 0 Å². The molecule has 0 amide bonds. The van der Waals surface area contributed by atoms with E-state index in [2.05, 4.69) is 4.90 Å². The summed E-state index contributed by atoms with van der Waals surface area (Å²) in [5.41, 5.74) is 2.04. The highest BCUT2D eigenvalue weighted by molar-refractivity contribution is 5.88. The van der Waals surface area contributed by atoms with E-state index in [4.69, 9.17) is 9.47 Å². The molecule has 0 aromatic heterocycles. The number of nitrogens with zero attached hydrogens (tertiary/aromatic N) is 1. The van der Waals surface area contributed by atoms with Crippen LogP contribution in [0.15, 0.2) is 23.8 Å². The molecule has 0 fully saturated rings. The van der Waals surface area contributed by atoms with Crippen LogP contribution in [0.4, 0.5) is 0 Å². The first-order chi connectivity index (χ1) is 10.5. The Morgan fingerprint density at radius 3 is 2.82 bits per heavy atom. The van der Waals surface area contributed by atoms with Crippen molar-refractivity contribution >= 4 is 11.7 Å². The average Bonchev–Trinajstić information content (AvgIpc) is 2.53. The molecule has 1 atom stereocenters. The standard InChI is InChI=1S/C17H21NO4/c1-18-8-4-5-11-10-17(20,16(19)22-3)14-9-12(21-2)6-7-13(14)15(11)18/h6-7,9,20H,4-5,8,10H2,1-3H3. The van der Waals surface area contributed by atoms with Gasteiger partial charge in [-0.3, -0.25) is 0 Å². The van der Waals surface area contributed by atoms with Crippen molar-refractivity contribution < 1.29 is 19.4 Å². The van der Waals surface area contributed by atoms with Crippen LogP contribution in [-0.4, -0.2) is 43.8 Å². The molecule has 0 spiro atoms. The summed E-state index contributed by atoms with van der Waals surface area (Å²) in [4.78, 5) is 14.5. The lowest BCUT2D eigenvalue weighted by Gasteiger charge is -2.40. The molecule has 0 saturated heterocycles. The number of ether oxygens (including phenoxy) is 2. The molecular formula is C17H21NO4. The van der Waals surface area contributed by atoms with Crippen molar-refractivity contribution in [3.8, 4) is 5.75 Å². The maximum absolute atomic E-state index is 12.3. The first kappa shape index (κ1) is 14.9. The first-order valence-electron chi connectivity index (χ1n) is 7.44. The van der Waals surface area contributed by atoms with Crippen molar-refractivity contribution in [2.45, 2.75) is 24.9 Å². The molecule has 1 N–H and O–H groups in total. The van der Waals surface area contributed by atoms with Crippen LogP contribution in [0.5, 0.6) is 5.75 Å². The zero-order valence-electron chi connectivity index (χ0n) is 13.2. The van der Waals surface area contributed by atoms with Crippen molar-refractivity contribution in [3.63, 3.8) is 0 Å². The number of esters is 1. The topological polar surface area (TPSA) is 59.0 Å². The maximum Gasteiger partial charge on any atom is 0.342 e. The summed E-state index contributed by atoms with van der Waals surface area (Å²) in [6.07, 6.45) is 2.20. The summed E-state index contributed by atoms with van der Waals surface area (Å²) in [7, 11) is 4.92. The minimum absolute atomic E-state index is 0.277. The number of fused-ring (bicyclic) bond motifs is 2. The van der Waals surface area contributed by atoms with Crippen LogP contribution < -0.4 is 4.74 Å². The van der Waals surface area contributed by atoms with Crippen LogP contribution >= 0.6 is 0 Å². The fourth-order valence-electron chi connectivity index (χ4n) is 3.55. The van der Waals surface area contributed by atoms with Gasteiger partial charge in [-0.05, 0) is 36.6 Å². The molecule has 22 heavy (non-hydrogen) atoms. The van der Waals surface area contributed by atoms with Crippen LogP contribution in [0.1, 0.15) is 30.4 Å². The van der Waals surface area contributed by atoms with Crippen molar-refractivity contribution in [1.29, 1.82) is 0 Å².